The van der Waals surface area contributed by atoms with Crippen LogP contribution < -0.4 is 4.90 Å². The Hall–Kier alpha value is -2.51. The molecule has 0 radical (unpaired) electrons. The molecule has 0 spiro atoms. The van der Waals surface area contributed by atoms with E-state index in [-0.39, 0.29) is 17.6 Å². The van der Waals surface area contributed by atoms with Gasteiger partial charge in [0.1, 0.15) is 11.5 Å². The maximum absolute atomic E-state index is 13.5. The van der Waals surface area contributed by atoms with Crippen LogP contribution in [0.3, 0.4) is 0 Å². The lowest BCUT2D eigenvalue weighted by Crippen LogP contribution is -2.47. The molecule has 150 valence electrons. The number of likely N-dealkylation sites (N-methyl/N-ethyl adjacent to an activating group) is 1. The molecule has 2 aromatic carbocycles. The number of hydrogen-bond acceptors (Lipinski definition) is 4. The van der Waals surface area contributed by atoms with Crippen molar-refractivity contribution < 1.29 is 14.0 Å². The molecule has 2 aromatic rings. The summed E-state index contributed by atoms with van der Waals surface area (Å²) in [4.78, 5) is 32.3. The average Bonchev–Trinajstić information content (AvgIpc) is 3.00. The third-order valence-corrected chi connectivity index (χ3v) is 5.94. The number of hydrogen-bond donors (Lipinski definition) is 0. The summed E-state index contributed by atoms with van der Waals surface area (Å²) in [5, 5.41) is 0. The first-order valence-corrected chi connectivity index (χ1v) is 10.4. The minimum atomic E-state index is -0.381. The molecule has 0 aliphatic carbocycles. The predicted octanol–water partition coefficient (Wildman–Crippen LogP) is 3.51. The Morgan fingerprint density at radius 3 is 2.10 bits per heavy atom. The largest absolute Gasteiger partial charge is 0.364 e. The monoisotopic (exact) mass is 457 g/mol. The van der Waals surface area contributed by atoms with Crippen molar-refractivity contribution >= 4 is 39.0 Å². The highest BCUT2D eigenvalue weighted by molar-refractivity contribution is 9.10. The highest BCUT2D eigenvalue weighted by Gasteiger charge is 2.42. The van der Waals surface area contributed by atoms with Gasteiger partial charge in [0.25, 0.3) is 11.8 Å². The molecule has 0 bridgehead atoms. The van der Waals surface area contributed by atoms with Gasteiger partial charge < -0.3 is 9.80 Å². The smallest absolute Gasteiger partial charge is 0.282 e. The molecule has 4 rings (SSSR count). The Balaban J connectivity index is 1.76. The molecule has 1 saturated heterocycles. The zero-order valence-corrected chi connectivity index (χ0v) is 17.7. The van der Waals surface area contributed by atoms with Gasteiger partial charge in [0, 0.05) is 30.7 Å². The van der Waals surface area contributed by atoms with Gasteiger partial charge in [0.15, 0.2) is 0 Å². The van der Waals surface area contributed by atoms with E-state index >= 15 is 0 Å². The van der Waals surface area contributed by atoms with Crippen LogP contribution in [0.2, 0.25) is 0 Å². The Labute approximate surface area is 177 Å². The highest BCUT2D eigenvalue weighted by atomic mass is 79.9. The molecule has 2 aliphatic heterocycles. The normalized spacial score (nSPS) is 18.2. The lowest BCUT2D eigenvalue weighted by atomic mass is 10.0. The standard InChI is InChI=1S/C22H21BrFN3O2/c1-2-25-11-13-26(14-12-25)20-19(15-3-7-17(24)8-4-15)21(28)27(22(20)29)18-9-5-16(23)6-10-18/h3-10H,2,11-14H2,1H3. The third-order valence-electron chi connectivity index (χ3n) is 5.41. The van der Waals surface area contributed by atoms with Crippen molar-refractivity contribution in [3.8, 4) is 0 Å². The van der Waals surface area contributed by atoms with Crippen LogP contribution in [-0.4, -0.2) is 54.3 Å². The molecule has 0 N–H and O–H groups in total. The molecule has 29 heavy (non-hydrogen) atoms. The topological polar surface area (TPSA) is 43.9 Å². The van der Waals surface area contributed by atoms with Crippen LogP contribution in [0.25, 0.3) is 5.57 Å². The lowest BCUT2D eigenvalue weighted by molar-refractivity contribution is -0.120. The number of imide groups is 1. The minimum absolute atomic E-state index is 0.332. The number of carbonyl (C=O) groups is 2. The molecule has 0 aromatic heterocycles. The van der Waals surface area contributed by atoms with Gasteiger partial charge in [-0.1, -0.05) is 35.0 Å². The van der Waals surface area contributed by atoms with Crippen LogP contribution in [-0.2, 0) is 9.59 Å². The molecule has 5 nitrogen and oxygen atoms in total. The maximum Gasteiger partial charge on any atom is 0.282 e. The SMILES string of the molecule is CCN1CCN(C2=C(c3ccc(F)cc3)C(=O)N(c3ccc(Br)cc3)C2=O)CC1. The first-order valence-electron chi connectivity index (χ1n) is 9.61. The summed E-state index contributed by atoms with van der Waals surface area (Å²) in [6.45, 7) is 6.06. The number of nitrogens with zero attached hydrogens (tertiary/aromatic N) is 3. The Bertz CT molecular complexity index is 965. The van der Waals surface area contributed by atoms with Gasteiger partial charge in [-0.2, -0.15) is 0 Å². The van der Waals surface area contributed by atoms with E-state index in [4.69, 9.17) is 0 Å². The summed E-state index contributed by atoms with van der Waals surface area (Å²) >= 11 is 3.38. The van der Waals surface area contributed by atoms with Crippen LogP contribution >= 0.6 is 15.9 Å². The van der Waals surface area contributed by atoms with Crippen LogP contribution in [0, 0.1) is 5.82 Å². The number of anilines is 1. The number of carbonyl (C=O) groups excluding carboxylic acids is 2. The van der Waals surface area contributed by atoms with E-state index in [0.717, 1.165) is 24.1 Å². The molecule has 0 atom stereocenters. The lowest BCUT2D eigenvalue weighted by Gasteiger charge is -2.36. The molecular weight excluding hydrogens is 437 g/mol. The zero-order chi connectivity index (χ0) is 20.5. The van der Waals surface area contributed by atoms with Crippen LogP contribution in [0.5, 0.6) is 0 Å². The molecule has 1 fully saturated rings. The maximum atomic E-state index is 13.5. The van der Waals surface area contributed by atoms with Gasteiger partial charge in [0.2, 0.25) is 0 Å². The van der Waals surface area contributed by atoms with Crippen LogP contribution in [0.1, 0.15) is 12.5 Å². The average molecular weight is 458 g/mol. The van der Waals surface area contributed by atoms with Gasteiger partial charge in [-0.05, 0) is 48.5 Å². The molecule has 7 heteroatoms. The summed E-state index contributed by atoms with van der Waals surface area (Å²) in [5.41, 5.74) is 1.81. The molecule has 2 amide bonds. The van der Waals surface area contributed by atoms with Gasteiger partial charge in [-0.15, -0.1) is 0 Å². The number of piperazine rings is 1. The number of halogens is 2. The van der Waals surface area contributed by atoms with Crippen molar-refractivity contribution in [2.45, 2.75) is 6.92 Å². The summed E-state index contributed by atoms with van der Waals surface area (Å²) in [6.07, 6.45) is 0. The second kappa shape index (κ2) is 8.08. The fourth-order valence-corrected chi connectivity index (χ4v) is 4.06. The summed E-state index contributed by atoms with van der Waals surface area (Å²) < 4.78 is 14.3. The van der Waals surface area contributed by atoms with Gasteiger partial charge >= 0.3 is 0 Å². The number of benzene rings is 2. The van der Waals surface area contributed by atoms with Gasteiger partial charge in [-0.3, -0.25) is 9.59 Å². The first kappa shape index (κ1) is 19.8. The van der Waals surface area contributed by atoms with Crippen molar-refractivity contribution in [2.75, 3.05) is 37.6 Å². The van der Waals surface area contributed by atoms with E-state index in [1.54, 1.807) is 36.4 Å². The summed E-state index contributed by atoms with van der Waals surface area (Å²) in [7, 11) is 0. The molecule has 0 saturated carbocycles. The van der Waals surface area contributed by atoms with E-state index in [2.05, 4.69) is 27.8 Å². The van der Waals surface area contributed by atoms with E-state index in [9.17, 15) is 14.0 Å². The Morgan fingerprint density at radius 2 is 1.52 bits per heavy atom. The van der Waals surface area contributed by atoms with E-state index in [0.29, 0.717) is 35.6 Å². The van der Waals surface area contributed by atoms with Gasteiger partial charge in [-0.25, -0.2) is 9.29 Å². The number of rotatable bonds is 4. The van der Waals surface area contributed by atoms with Crippen molar-refractivity contribution in [1.29, 1.82) is 0 Å². The van der Waals surface area contributed by atoms with E-state index in [1.807, 2.05) is 4.90 Å². The zero-order valence-electron chi connectivity index (χ0n) is 16.1. The van der Waals surface area contributed by atoms with Crippen molar-refractivity contribution in [3.63, 3.8) is 0 Å². The number of amides is 2. The molecular formula is C22H21BrFN3O2. The van der Waals surface area contributed by atoms with Crippen molar-refractivity contribution in [1.82, 2.24) is 9.80 Å². The molecule has 2 heterocycles. The van der Waals surface area contributed by atoms with Crippen molar-refractivity contribution in [2.24, 2.45) is 0 Å². The van der Waals surface area contributed by atoms with E-state index < -0.39 is 0 Å². The van der Waals surface area contributed by atoms with E-state index in [1.165, 1.54) is 17.0 Å². The second-order valence-corrected chi connectivity index (χ2v) is 7.99. The predicted molar refractivity (Wildman–Crippen MR) is 114 cm³/mol. The summed E-state index contributed by atoms with van der Waals surface area (Å²) in [6, 6.07) is 12.8. The first-order chi connectivity index (χ1) is 14.0. The quantitative estimate of drug-likeness (QED) is 0.658. The second-order valence-electron chi connectivity index (χ2n) is 7.07. The fraction of sp³-hybridized carbons (Fsp3) is 0.273. The van der Waals surface area contributed by atoms with Crippen molar-refractivity contribution in [3.05, 3.63) is 70.1 Å². The van der Waals surface area contributed by atoms with Gasteiger partial charge in [0.05, 0.1) is 11.3 Å². The van der Waals surface area contributed by atoms with Crippen LogP contribution in [0.15, 0.2) is 58.7 Å². The van der Waals surface area contributed by atoms with Crippen LogP contribution in [0.4, 0.5) is 10.1 Å². The summed E-state index contributed by atoms with van der Waals surface area (Å²) in [5.74, 6) is -1.09. The molecule has 0 unspecified atom stereocenters. The third kappa shape index (κ3) is 3.72. The molecule has 2 aliphatic rings. The minimum Gasteiger partial charge on any atom is -0.364 e. The highest BCUT2D eigenvalue weighted by Crippen LogP contribution is 2.35. The Kier molecular flexibility index (Phi) is 5.52. The fourth-order valence-electron chi connectivity index (χ4n) is 3.80. The Morgan fingerprint density at radius 1 is 0.897 bits per heavy atom.